The Balaban J connectivity index is 1.68. The number of amides is 1. The normalized spacial score (nSPS) is 12.0. The number of thiophene rings is 1. The van der Waals surface area contributed by atoms with E-state index in [0.717, 1.165) is 23.3 Å². The van der Waals surface area contributed by atoms with Gasteiger partial charge < -0.3 is 5.32 Å². The molecule has 8 nitrogen and oxygen atoms in total. The molecule has 0 unspecified atom stereocenters. The Hall–Kier alpha value is -3.59. The van der Waals surface area contributed by atoms with E-state index >= 15 is 0 Å². The fourth-order valence-corrected chi connectivity index (χ4v) is 4.48. The molecule has 4 rings (SSSR count). The average Bonchev–Trinajstić information content (AvgIpc) is 3.35. The summed E-state index contributed by atoms with van der Waals surface area (Å²) in [7, 11) is 0. The van der Waals surface area contributed by atoms with Crippen molar-refractivity contribution in [2.24, 2.45) is 0 Å². The van der Waals surface area contributed by atoms with E-state index in [-0.39, 0.29) is 25.0 Å². The number of carbonyl (C=O) groups is 1. The second-order valence-corrected chi connectivity index (χ2v) is 8.39. The summed E-state index contributed by atoms with van der Waals surface area (Å²) in [5, 5.41) is 4.98. The molecule has 32 heavy (non-hydrogen) atoms. The summed E-state index contributed by atoms with van der Waals surface area (Å²) in [4.78, 5) is 48.2. The lowest BCUT2D eigenvalue weighted by Gasteiger charge is -2.18. The van der Waals surface area contributed by atoms with E-state index in [2.05, 4.69) is 22.2 Å². The largest absolute Gasteiger partial charge is 0.347 e. The molecule has 0 spiro atoms. The first-order valence-electron chi connectivity index (χ1n) is 10.4. The van der Waals surface area contributed by atoms with Crippen LogP contribution in [0.4, 0.5) is 0 Å². The van der Waals surface area contributed by atoms with Crippen LogP contribution in [0.2, 0.25) is 0 Å². The molecule has 0 aromatic carbocycles. The smallest absolute Gasteiger partial charge is 0.318 e. The van der Waals surface area contributed by atoms with E-state index in [9.17, 15) is 14.4 Å². The van der Waals surface area contributed by atoms with Crippen LogP contribution in [0.15, 0.2) is 70.0 Å². The zero-order chi connectivity index (χ0) is 22.5. The molecule has 4 aromatic rings. The molecule has 1 amide bonds. The van der Waals surface area contributed by atoms with E-state index in [4.69, 9.17) is 0 Å². The van der Waals surface area contributed by atoms with Crippen molar-refractivity contribution in [3.63, 3.8) is 0 Å². The summed E-state index contributed by atoms with van der Waals surface area (Å²) in [6.07, 6.45) is 6.51. The number of nitrogens with one attached hydrogen (secondary N) is 1. The molecule has 4 heterocycles. The molecule has 1 atom stereocenters. The van der Waals surface area contributed by atoms with E-state index in [1.165, 1.54) is 9.13 Å². The molecule has 9 heteroatoms. The van der Waals surface area contributed by atoms with Gasteiger partial charge >= 0.3 is 11.1 Å². The van der Waals surface area contributed by atoms with Crippen LogP contribution in [0.1, 0.15) is 36.2 Å². The van der Waals surface area contributed by atoms with Crippen LogP contribution < -0.4 is 16.4 Å². The number of fused-ring (bicyclic) bond motifs is 1. The Morgan fingerprint density at radius 2 is 1.84 bits per heavy atom. The van der Waals surface area contributed by atoms with Crippen molar-refractivity contribution in [1.29, 1.82) is 0 Å². The van der Waals surface area contributed by atoms with Gasteiger partial charge in [0.05, 0.1) is 18.1 Å². The zero-order valence-electron chi connectivity index (χ0n) is 17.6. The van der Waals surface area contributed by atoms with Crippen LogP contribution >= 0.6 is 11.3 Å². The minimum absolute atomic E-state index is 0.125. The zero-order valence-corrected chi connectivity index (χ0v) is 18.4. The van der Waals surface area contributed by atoms with Crippen molar-refractivity contribution in [1.82, 2.24) is 24.4 Å². The predicted octanol–water partition coefficient (Wildman–Crippen LogP) is 2.72. The van der Waals surface area contributed by atoms with Gasteiger partial charge in [-0.05, 0) is 47.7 Å². The third-order valence-electron chi connectivity index (χ3n) is 5.18. The van der Waals surface area contributed by atoms with Crippen molar-refractivity contribution in [3.8, 4) is 0 Å². The van der Waals surface area contributed by atoms with E-state index in [0.29, 0.717) is 11.2 Å². The van der Waals surface area contributed by atoms with Gasteiger partial charge in [-0.15, -0.1) is 11.3 Å². The molecular formula is C23H23N5O3S. The molecular weight excluding hydrogens is 426 g/mol. The lowest BCUT2D eigenvalue weighted by atomic mass is 10.1. The van der Waals surface area contributed by atoms with E-state index in [1.807, 2.05) is 17.5 Å². The Kier molecular flexibility index (Phi) is 6.55. The highest BCUT2D eigenvalue weighted by molar-refractivity contribution is 7.10. The van der Waals surface area contributed by atoms with E-state index < -0.39 is 11.1 Å². The second kappa shape index (κ2) is 9.69. The quantitative estimate of drug-likeness (QED) is 0.417. The number of rotatable bonds is 8. The molecule has 0 aliphatic rings. The van der Waals surface area contributed by atoms with E-state index in [1.54, 1.807) is 54.2 Å². The monoisotopic (exact) mass is 449 g/mol. The number of aromatic nitrogens is 4. The Morgan fingerprint density at radius 1 is 1.06 bits per heavy atom. The van der Waals surface area contributed by atoms with Gasteiger partial charge in [-0.25, -0.2) is 4.98 Å². The van der Waals surface area contributed by atoms with Gasteiger partial charge in [0.15, 0.2) is 5.65 Å². The lowest BCUT2D eigenvalue weighted by Crippen LogP contribution is -2.44. The van der Waals surface area contributed by atoms with Crippen molar-refractivity contribution < 1.29 is 4.79 Å². The summed E-state index contributed by atoms with van der Waals surface area (Å²) in [5.74, 6) is -0.324. The Labute approximate surface area is 188 Å². The molecule has 0 radical (unpaired) electrons. The molecule has 0 aliphatic carbocycles. The first-order chi connectivity index (χ1) is 15.6. The first-order valence-corrected chi connectivity index (χ1v) is 11.3. The minimum Gasteiger partial charge on any atom is -0.347 e. The number of pyridine rings is 2. The average molecular weight is 450 g/mol. The van der Waals surface area contributed by atoms with Crippen molar-refractivity contribution in [2.45, 2.75) is 38.9 Å². The fourth-order valence-electron chi connectivity index (χ4n) is 3.67. The van der Waals surface area contributed by atoms with Gasteiger partial charge in [0, 0.05) is 23.5 Å². The SMILES string of the molecule is CCC[C@@H](NC(=O)Cn1c(=O)c(=O)n(Cc2ccncc2)c2ncccc21)c1cccs1. The minimum atomic E-state index is -0.752. The van der Waals surface area contributed by atoms with Crippen LogP contribution in [0.25, 0.3) is 11.2 Å². The van der Waals surface area contributed by atoms with Crippen LogP contribution in [-0.2, 0) is 17.9 Å². The number of carbonyl (C=O) groups excluding carboxylic acids is 1. The molecule has 164 valence electrons. The number of hydrogen-bond acceptors (Lipinski definition) is 6. The highest BCUT2D eigenvalue weighted by atomic mass is 32.1. The highest BCUT2D eigenvalue weighted by Gasteiger charge is 2.19. The lowest BCUT2D eigenvalue weighted by molar-refractivity contribution is -0.122. The molecule has 1 N–H and O–H groups in total. The van der Waals surface area contributed by atoms with Gasteiger partial charge in [-0.3, -0.25) is 28.5 Å². The topological polar surface area (TPSA) is 98.9 Å². The van der Waals surface area contributed by atoms with Crippen molar-refractivity contribution >= 4 is 28.4 Å². The van der Waals surface area contributed by atoms with Gasteiger partial charge in [-0.1, -0.05) is 19.4 Å². The molecule has 0 fully saturated rings. The summed E-state index contributed by atoms with van der Waals surface area (Å²) in [5.41, 5.74) is 0.138. The maximum atomic E-state index is 13.0. The van der Waals surface area contributed by atoms with Gasteiger partial charge in [0.2, 0.25) is 5.91 Å². The number of hydrogen-bond donors (Lipinski definition) is 1. The summed E-state index contributed by atoms with van der Waals surface area (Å²) < 4.78 is 2.55. The Bertz CT molecular complexity index is 1330. The second-order valence-electron chi connectivity index (χ2n) is 7.41. The van der Waals surface area contributed by atoms with Gasteiger partial charge in [0.1, 0.15) is 6.54 Å². The van der Waals surface area contributed by atoms with Crippen molar-refractivity contribution in [3.05, 3.63) is 91.5 Å². The summed E-state index contributed by atoms with van der Waals surface area (Å²) in [6, 6.07) is 10.7. The molecule has 0 bridgehead atoms. The maximum absolute atomic E-state index is 13.0. The molecule has 0 aliphatic heterocycles. The predicted molar refractivity (Wildman–Crippen MR) is 124 cm³/mol. The van der Waals surface area contributed by atoms with Gasteiger partial charge in [0.25, 0.3) is 0 Å². The molecule has 4 aromatic heterocycles. The summed E-state index contributed by atoms with van der Waals surface area (Å²) >= 11 is 1.58. The third-order valence-corrected chi connectivity index (χ3v) is 6.16. The fraction of sp³-hybridized carbons (Fsp3) is 0.261. The molecule has 0 saturated carbocycles. The maximum Gasteiger partial charge on any atom is 0.318 e. The first kappa shape index (κ1) is 21.6. The van der Waals surface area contributed by atoms with Crippen LogP contribution in [0.5, 0.6) is 0 Å². The highest BCUT2D eigenvalue weighted by Crippen LogP contribution is 2.23. The van der Waals surface area contributed by atoms with Crippen LogP contribution in [-0.4, -0.2) is 25.0 Å². The van der Waals surface area contributed by atoms with Crippen LogP contribution in [0.3, 0.4) is 0 Å². The third kappa shape index (κ3) is 4.52. The standard InChI is InChI=1S/C23H23N5O3S/c1-2-5-17(19-7-4-13-32-19)26-20(29)15-27-18-6-3-10-25-21(18)28(23(31)22(27)30)14-16-8-11-24-12-9-16/h3-4,6-13,17H,2,5,14-15H2,1H3,(H,26,29)/t17-/m1/s1. The number of nitrogens with zero attached hydrogens (tertiary/aromatic N) is 4. The van der Waals surface area contributed by atoms with Crippen molar-refractivity contribution in [2.75, 3.05) is 0 Å². The Morgan fingerprint density at radius 3 is 2.56 bits per heavy atom. The summed E-state index contributed by atoms with van der Waals surface area (Å²) in [6.45, 7) is 1.99. The van der Waals surface area contributed by atoms with Gasteiger partial charge in [-0.2, -0.15) is 0 Å². The van der Waals surface area contributed by atoms with Crippen LogP contribution in [0, 0.1) is 0 Å². The molecule has 0 saturated heterocycles.